The van der Waals surface area contributed by atoms with Crippen LogP contribution in [0.5, 0.6) is 5.75 Å². The molecule has 13 heteroatoms. The van der Waals surface area contributed by atoms with Crippen LogP contribution in [-0.2, 0) is 0 Å². The van der Waals surface area contributed by atoms with Crippen LogP contribution in [-0.4, -0.2) is 93.2 Å². The monoisotopic (exact) mass is 696 g/mol. The highest BCUT2D eigenvalue weighted by Gasteiger charge is 2.39. The van der Waals surface area contributed by atoms with E-state index in [1.807, 2.05) is 4.57 Å². The van der Waals surface area contributed by atoms with Gasteiger partial charge in [0.2, 0.25) is 5.95 Å². The molecule has 51 heavy (non-hydrogen) atoms. The number of amides is 1. The Morgan fingerprint density at radius 3 is 2.47 bits per heavy atom. The minimum Gasteiger partial charge on any atom is -0.495 e. The van der Waals surface area contributed by atoms with Crippen LogP contribution in [0.15, 0.2) is 24.7 Å². The summed E-state index contributed by atoms with van der Waals surface area (Å²) >= 11 is 0. The third-order valence-electron chi connectivity index (χ3n) is 11.9. The number of carbonyl (C=O) groups is 1. The van der Waals surface area contributed by atoms with E-state index >= 15 is 4.39 Å². The normalized spacial score (nSPS) is 22.0. The van der Waals surface area contributed by atoms with Gasteiger partial charge in [0.15, 0.2) is 11.5 Å². The number of ether oxygens (including phenoxy) is 1. The molecule has 5 aliphatic rings. The van der Waals surface area contributed by atoms with Gasteiger partial charge >= 0.3 is 0 Å². The third kappa shape index (κ3) is 6.76. The number of hydrogen-bond acceptors (Lipinski definition) is 10. The molecule has 0 unspecified atom stereocenters. The zero-order valence-corrected chi connectivity index (χ0v) is 29.8. The topological polar surface area (TPSA) is 127 Å². The minimum absolute atomic E-state index is 0.00538. The molecule has 0 spiro atoms. The molecule has 12 nitrogen and oxygen atoms in total. The first kappa shape index (κ1) is 33.8. The van der Waals surface area contributed by atoms with Crippen molar-refractivity contribution in [2.75, 3.05) is 50.1 Å². The summed E-state index contributed by atoms with van der Waals surface area (Å²) in [5, 5.41) is 16.1. The summed E-state index contributed by atoms with van der Waals surface area (Å²) in [4.78, 5) is 34.9. The van der Waals surface area contributed by atoms with Gasteiger partial charge in [-0.1, -0.05) is 19.8 Å². The lowest BCUT2D eigenvalue weighted by Crippen LogP contribution is -2.51. The standard InChI is InChI=1S/C38H49FN10O2/c1-3-32-35-31(20-40)42-23-48(35)33-21-41-38(45-36(33)49(32)27-6-4-5-7-27)44-30-19-29(39)28(18-34(30)51-2)37(50)43-25-10-16-47(17-11-25)26-12-14-46(15-13-26)22-24-8-9-24/h18-19,21,23-27,32H,3-17,22H2,1-2H3,(H,43,50)(H,41,44,45)/t32-/m1/s1. The molecule has 2 N–H and O–H groups in total. The number of rotatable bonds is 10. The zero-order valence-electron chi connectivity index (χ0n) is 29.8. The number of likely N-dealkylation sites (tertiary alicyclic amines) is 2. The Labute approximate surface area is 299 Å². The van der Waals surface area contributed by atoms with E-state index in [9.17, 15) is 10.1 Å². The number of aromatic nitrogens is 4. The first-order valence-corrected chi connectivity index (χ1v) is 19.0. The van der Waals surface area contributed by atoms with Gasteiger partial charge < -0.3 is 30.1 Å². The van der Waals surface area contributed by atoms with E-state index in [0.29, 0.717) is 23.2 Å². The quantitative estimate of drug-likeness (QED) is 0.272. The molecule has 3 aliphatic heterocycles. The van der Waals surface area contributed by atoms with Crippen molar-refractivity contribution in [2.24, 2.45) is 5.92 Å². The van der Waals surface area contributed by atoms with E-state index in [-0.39, 0.29) is 29.6 Å². The number of piperidine rings is 2. The van der Waals surface area contributed by atoms with Gasteiger partial charge in [0.05, 0.1) is 36.3 Å². The molecule has 1 atom stereocenters. The number of methoxy groups -OCH3 is 1. The highest BCUT2D eigenvalue weighted by atomic mass is 19.1. The highest BCUT2D eigenvalue weighted by molar-refractivity contribution is 5.96. The SMILES string of the molecule is CC[C@@H]1c2c(C#N)ncn2-c2cnc(Nc3cc(F)c(C(=O)NC4CCN(C5CCN(CC6CC6)CC5)CC4)cc3OC)nc2N1C1CCCC1. The van der Waals surface area contributed by atoms with Crippen molar-refractivity contribution >= 4 is 23.4 Å². The largest absolute Gasteiger partial charge is 0.495 e. The molecule has 3 aromatic rings. The van der Waals surface area contributed by atoms with Crippen LogP contribution in [0.4, 0.5) is 21.8 Å². The van der Waals surface area contributed by atoms with Crippen molar-refractivity contribution in [1.29, 1.82) is 5.26 Å². The van der Waals surface area contributed by atoms with Gasteiger partial charge in [-0.15, -0.1) is 0 Å². The molecule has 2 saturated carbocycles. The van der Waals surface area contributed by atoms with Crippen molar-refractivity contribution in [3.05, 3.63) is 47.4 Å². The fourth-order valence-electron chi connectivity index (χ4n) is 8.94. The van der Waals surface area contributed by atoms with Crippen molar-refractivity contribution in [1.82, 2.24) is 34.6 Å². The molecular formula is C38H49FN10O2. The second kappa shape index (κ2) is 14.4. The van der Waals surface area contributed by atoms with Gasteiger partial charge in [-0.25, -0.2) is 14.4 Å². The molecule has 0 bridgehead atoms. The first-order valence-electron chi connectivity index (χ1n) is 19.0. The number of anilines is 3. The van der Waals surface area contributed by atoms with Crippen molar-refractivity contribution in [3.63, 3.8) is 0 Å². The molecule has 2 aromatic heterocycles. The Morgan fingerprint density at radius 1 is 1.02 bits per heavy atom. The number of nitrogens with zero attached hydrogens (tertiary/aromatic N) is 8. The number of imidazole rings is 1. The predicted molar refractivity (Wildman–Crippen MR) is 192 cm³/mol. The number of benzene rings is 1. The summed E-state index contributed by atoms with van der Waals surface area (Å²) in [6.07, 6.45) is 15.5. The maximum absolute atomic E-state index is 15.7. The lowest BCUT2D eigenvalue weighted by molar-refractivity contribution is 0.0753. The fraction of sp³-hybridized carbons (Fsp3) is 0.605. The summed E-state index contributed by atoms with van der Waals surface area (Å²) in [7, 11) is 1.50. The molecule has 1 amide bonds. The predicted octanol–water partition coefficient (Wildman–Crippen LogP) is 5.71. The fourth-order valence-corrected chi connectivity index (χ4v) is 8.94. The maximum Gasteiger partial charge on any atom is 0.254 e. The van der Waals surface area contributed by atoms with E-state index in [1.54, 1.807) is 12.5 Å². The number of halogens is 1. The van der Waals surface area contributed by atoms with E-state index < -0.39 is 11.7 Å². The summed E-state index contributed by atoms with van der Waals surface area (Å²) in [5.41, 5.74) is 2.32. The lowest BCUT2D eigenvalue weighted by atomic mass is 9.97. The Morgan fingerprint density at radius 2 is 1.78 bits per heavy atom. The highest BCUT2D eigenvalue weighted by Crippen LogP contribution is 2.45. The van der Waals surface area contributed by atoms with Gasteiger partial charge in [0.1, 0.15) is 29.7 Å². The molecule has 5 heterocycles. The number of nitriles is 1. The van der Waals surface area contributed by atoms with Gasteiger partial charge in [-0.3, -0.25) is 9.36 Å². The van der Waals surface area contributed by atoms with E-state index in [1.165, 1.54) is 64.6 Å². The van der Waals surface area contributed by atoms with Crippen LogP contribution in [0, 0.1) is 23.1 Å². The number of hydrogen-bond donors (Lipinski definition) is 2. The average Bonchev–Trinajstić information content (AvgIpc) is 3.60. The maximum atomic E-state index is 15.7. The summed E-state index contributed by atoms with van der Waals surface area (Å²) < 4.78 is 23.3. The first-order chi connectivity index (χ1) is 24.9. The number of fused-ring (bicyclic) bond motifs is 3. The van der Waals surface area contributed by atoms with Crippen LogP contribution in [0.25, 0.3) is 5.69 Å². The van der Waals surface area contributed by atoms with Crippen LogP contribution in [0.2, 0.25) is 0 Å². The molecule has 8 rings (SSSR count). The van der Waals surface area contributed by atoms with E-state index in [2.05, 4.69) is 48.3 Å². The Kier molecular flexibility index (Phi) is 9.55. The smallest absolute Gasteiger partial charge is 0.254 e. The van der Waals surface area contributed by atoms with Gasteiger partial charge in [0, 0.05) is 43.8 Å². The lowest BCUT2D eigenvalue weighted by Gasteiger charge is -2.42. The van der Waals surface area contributed by atoms with Crippen molar-refractivity contribution in [2.45, 2.75) is 102 Å². The van der Waals surface area contributed by atoms with Gasteiger partial charge in [-0.2, -0.15) is 10.2 Å². The third-order valence-corrected chi connectivity index (χ3v) is 11.9. The Balaban J connectivity index is 0.949. The van der Waals surface area contributed by atoms with Crippen molar-refractivity contribution < 1.29 is 13.9 Å². The second-order valence-corrected chi connectivity index (χ2v) is 15.0. The molecular weight excluding hydrogens is 647 g/mol. The van der Waals surface area contributed by atoms with Gasteiger partial charge in [-0.05, 0) is 82.9 Å². The Bertz CT molecular complexity index is 1780. The number of nitrogens with one attached hydrogen (secondary N) is 2. The van der Waals surface area contributed by atoms with Crippen LogP contribution < -0.4 is 20.3 Å². The molecule has 2 saturated heterocycles. The molecule has 4 fully saturated rings. The summed E-state index contributed by atoms with van der Waals surface area (Å²) in [6, 6.07) is 5.84. The minimum atomic E-state index is -0.644. The molecule has 270 valence electrons. The second-order valence-electron chi connectivity index (χ2n) is 15.0. The number of carbonyl (C=O) groups excluding carboxylic acids is 1. The average molecular weight is 697 g/mol. The van der Waals surface area contributed by atoms with E-state index in [4.69, 9.17) is 9.72 Å². The summed E-state index contributed by atoms with van der Waals surface area (Å²) in [6.45, 7) is 7.68. The molecule has 0 radical (unpaired) electrons. The summed E-state index contributed by atoms with van der Waals surface area (Å²) in [5.74, 6) is 1.22. The van der Waals surface area contributed by atoms with Crippen LogP contribution >= 0.6 is 0 Å². The zero-order chi connectivity index (χ0) is 35.1. The van der Waals surface area contributed by atoms with Crippen molar-refractivity contribution in [3.8, 4) is 17.5 Å². The Hall–Kier alpha value is -4.28. The molecule has 1 aromatic carbocycles. The van der Waals surface area contributed by atoms with Gasteiger partial charge in [0.25, 0.3) is 5.91 Å². The van der Waals surface area contributed by atoms with Crippen LogP contribution in [0.1, 0.15) is 105 Å². The van der Waals surface area contributed by atoms with Crippen LogP contribution in [0.3, 0.4) is 0 Å². The van der Waals surface area contributed by atoms with E-state index in [0.717, 1.165) is 81.2 Å². The molecule has 2 aliphatic carbocycles.